The number of benzene rings is 3. The van der Waals surface area contributed by atoms with Crippen molar-refractivity contribution in [2.24, 2.45) is 0 Å². The zero-order chi connectivity index (χ0) is 23.5. The molecule has 1 aliphatic rings. The lowest BCUT2D eigenvalue weighted by Crippen LogP contribution is -2.19. The third-order valence-corrected chi connectivity index (χ3v) is 5.24. The van der Waals surface area contributed by atoms with Crippen molar-refractivity contribution in [1.29, 1.82) is 0 Å². The molecule has 0 radical (unpaired) electrons. The van der Waals surface area contributed by atoms with Crippen LogP contribution in [0.25, 0.3) is 11.6 Å². The van der Waals surface area contributed by atoms with Crippen molar-refractivity contribution in [3.05, 3.63) is 102 Å². The summed E-state index contributed by atoms with van der Waals surface area (Å²) in [4.78, 5) is 27.8. The second-order valence-electron chi connectivity index (χ2n) is 7.69. The molecule has 168 valence electrons. The zero-order valence-electron chi connectivity index (χ0n) is 17.9. The van der Waals surface area contributed by atoms with E-state index in [0.717, 1.165) is 28.3 Å². The van der Waals surface area contributed by atoms with Gasteiger partial charge in [0, 0.05) is 40.2 Å². The molecule has 0 spiro atoms. The van der Waals surface area contributed by atoms with Crippen molar-refractivity contribution in [3.8, 4) is 0 Å². The Morgan fingerprint density at radius 1 is 0.824 bits per heavy atom. The van der Waals surface area contributed by atoms with E-state index in [2.05, 4.69) is 26.3 Å². The Morgan fingerprint density at radius 2 is 1.56 bits per heavy atom. The van der Waals surface area contributed by atoms with Gasteiger partial charge in [0.25, 0.3) is 5.91 Å². The number of hydrogen-bond donors (Lipinski definition) is 5. The first kappa shape index (κ1) is 21.0. The molecule has 0 atom stereocenters. The minimum Gasteiger partial charge on any atom is -0.362 e. The highest BCUT2D eigenvalue weighted by Crippen LogP contribution is 2.35. The molecule has 2 heterocycles. The fraction of sp³-hybridized carbons (Fsp3) is 0. The lowest BCUT2D eigenvalue weighted by Gasteiger charge is -2.11. The molecule has 1 aliphatic heterocycles. The quantitative estimate of drug-likeness (QED) is 0.239. The van der Waals surface area contributed by atoms with Crippen LogP contribution in [0.4, 0.5) is 37.6 Å². The minimum absolute atomic E-state index is 0.153. The Morgan fingerprint density at radius 3 is 2.35 bits per heavy atom. The topological polar surface area (TPSA) is 98.0 Å². The van der Waals surface area contributed by atoms with Gasteiger partial charge < -0.3 is 26.3 Å². The van der Waals surface area contributed by atoms with Crippen LogP contribution < -0.4 is 21.3 Å². The van der Waals surface area contributed by atoms with E-state index in [1.807, 2.05) is 54.7 Å². The third kappa shape index (κ3) is 4.66. The predicted octanol–water partition coefficient (Wildman–Crippen LogP) is 6.03. The molecule has 1 aromatic heterocycles. The Hall–Kier alpha value is -4.85. The smallest absolute Gasteiger partial charge is 0.323 e. The van der Waals surface area contributed by atoms with Crippen LogP contribution in [0.3, 0.4) is 0 Å². The van der Waals surface area contributed by atoms with Gasteiger partial charge in [-0.25, -0.2) is 9.18 Å². The van der Waals surface area contributed by atoms with E-state index in [4.69, 9.17) is 0 Å². The molecule has 4 aromatic rings. The van der Waals surface area contributed by atoms with Crippen molar-refractivity contribution in [2.75, 3.05) is 21.3 Å². The van der Waals surface area contributed by atoms with Gasteiger partial charge in [-0.05, 0) is 72.8 Å². The summed E-state index contributed by atoms with van der Waals surface area (Å²) in [6.07, 6.45) is 3.63. The van der Waals surface area contributed by atoms with Gasteiger partial charge in [0.05, 0.1) is 11.3 Å². The number of rotatable bonds is 5. The van der Waals surface area contributed by atoms with Crippen molar-refractivity contribution in [3.63, 3.8) is 0 Å². The number of H-pyrrole nitrogens is 1. The van der Waals surface area contributed by atoms with Gasteiger partial charge in [0.1, 0.15) is 5.82 Å². The Labute approximate surface area is 194 Å². The summed E-state index contributed by atoms with van der Waals surface area (Å²) in [7, 11) is 0. The monoisotopic (exact) mass is 453 g/mol. The minimum atomic E-state index is -0.439. The molecule has 5 rings (SSSR count). The van der Waals surface area contributed by atoms with Crippen LogP contribution in [0.15, 0.2) is 85.1 Å². The summed E-state index contributed by atoms with van der Waals surface area (Å²) in [6.45, 7) is 0. The number of aromatic amines is 1. The fourth-order valence-electron chi connectivity index (χ4n) is 3.67. The number of anilines is 5. The summed E-state index contributed by atoms with van der Waals surface area (Å²) >= 11 is 0. The molecule has 3 amide bonds. The molecule has 0 saturated carbocycles. The lowest BCUT2D eigenvalue weighted by atomic mass is 10.1. The van der Waals surface area contributed by atoms with Crippen LogP contribution in [0.1, 0.15) is 11.3 Å². The molecule has 7 nitrogen and oxygen atoms in total. The van der Waals surface area contributed by atoms with Gasteiger partial charge in [-0.3, -0.25) is 4.79 Å². The number of carbonyl (C=O) groups excluding carboxylic acids is 2. The van der Waals surface area contributed by atoms with E-state index in [1.165, 1.54) is 24.3 Å². The van der Waals surface area contributed by atoms with Gasteiger partial charge in [-0.1, -0.05) is 12.1 Å². The molecule has 34 heavy (non-hydrogen) atoms. The van der Waals surface area contributed by atoms with Crippen LogP contribution in [0.5, 0.6) is 0 Å². The Kier molecular flexibility index (Phi) is 5.53. The molecule has 0 unspecified atom stereocenters. The first-order chi connectivity index (χ1) is 16.5. The maximum atomic E-state index is 13.0. The van der Waals surface area contributed by atoms with E-state index in [-0.39, 0.29) is 11.7 Å². The summed E-state index contributed by atoms with van der Waals surface area (Å²) in [5.74, 6) is -0.524. The van der Waals surface area contributed by atoms with Gasteiger partial charge in [-0.2, -0.15) is 0 Å². The van der Waals surface area contributed by atoms with Crippen LogP contribution in [0.2, 0.25) is 0 Å². The molecular weight excluding hydrogens is 433 g/mol. The average molecular weight is 453 g/mol. The molecule has 0 saturated heterocycles. The largest absolute Gasteiger partial charge is 0.362 e. The standard InChI is InChI=1S/C26H20FN5O2/c27-16-6-8-17(9-7-16)30-26(34)31-20-4-1-3-19(13-20)29-21-10-11-22-23(14-18-5-2-12-28-18)25(33)32-24(22)15-21/h1-15,28-29H,(H,32,33)(H2,30,31,34)/b23-14+. The van der Waals surface area contributed by atoms with E-state index >= 15 is 0 Å². The normalized spacial score (nSPS) is 13.3. The number of aromatic nitrogens is 1. The molecule has 3 aromatic carbocycles. The van der Waals surface area contributed by atoms with Crippen molar-refractivity contribution < 1.29 is 14.0 Å². The summed E-state index contributed by atoms with van der Waals surface area (Å²) in [5, 5.41) is 11.6. The second-order valence-corrected chi connectivity index (χ2v) is 7.69. The van der Waals surface area contributed by atoms with Gasteiger partial charge in [-0.15, -0.1) is 0 Å². The highest BCUT2D eigenvalue weighted by Gasteiger charge is 2.24. The Bertz CT molecular complexity index is 1400. The number of hydrogen-bond acceptors (Lipinski definition) is 3. The van der Waals surface area contributed by atoms with E-state index < -0.39 is 6.03 Å². The zero-order valence-corrected chi connectivity index (χ0v) is 17.9. The van der Waals surface area contributed by atoms with E-state index in [1.54, 1.807) is 12.1 Å². The fourth-order valence-corrected chi connectivity index (χ4v) is 3.67. The number of halogens is 1. The average Bonchev–Trinajstić information content (AvgIpc) is 3.43. The molecule has 8 heteroatoms. The highest BCUT2D eigenvalue weighted by molar-refractivity contribution is 6.35. The molecule has 0 fully saturated rings. The molecule has 5 N–H and O–H groups in total. The predicted molar refractivity (Wildman–Crippen MR) is 133 cm³/mol. The number of nitrogens with one attached hydrogen (secondary N) is 5. The molecule has 0 aliphatic carbocycles. The van der Waals surface area contributed by atoms with Crippen molar-refractivity contribution in [1.82, 2.24) is 4.98 Å². The summed E-state index contributed by atoms with van der Waals surface area (Å²) in [5.41, 5.74) is 5.61. The maximum absolute atomic E-state index is 13.0. The van der Waals surface area contributed by atoms with Gasteiger partial charge in [0.2, 0.25) is 0 Å². The van der Waals surface area contributed by atoms with Gasteiger partial charge in [0.15, 0.2) is 0 Å². The third-order valence-electron chi connectivity index (χ3n) is 5.24. The summed E-state index contributed by atoms with van der Waals surface area (Å²) in [6, 6.07) is 21.7. The van der Waals surface area contributed by atoms with Crippen LogP contribution in [-0.2, 0) is 4.79 Å². The summed E-state index contributed by atoms with van der Waals surface area (Å²) < 4.78 is 13.0. The maximum Gasteiger partial charge on any atom is 0.323 e. The number of urea groups is 1. The van der Waals surface area contributed by atoms with Crippen LogP contribution >= 0.6 is 0 Å². The number of fused-ring (bicyclic) bond motifs is 1. The molecule has 0 bridgehead atoms. The molecular formula is C26H20FN5O2. The van der Waals surface area contributed by atoms with Crippen molar-refractivity contribution in [2.45, 2.75) is 0 Å². The van der Waals surface area contributed by atoms with E-state index in [9.17, 15) is 14.0 Å². The lowest BCUT2D eigenvalue weighted by molar-refractivity contribution is -0.110. The highest BCUT2D eigenvalue weighted by atomic mass is 19.1. The van der Waals surface area contributed by atoms with E-state index in [0.29, 0.717) is 16.9 Å². The first-order valence-electron chi connectivity index (χ1n) is 10.5. The Balaban J connectivity index is 1.28. The van der Waals surface area contributed by atoms with Crippen LogP contribution in [0, 0.1) is 5.82 Å². The SMILES string of the molecule is O=C(Nc1ccc(F)cc1)Nc1cccc(Nc2ccc3c(c2)NC(=O)/C3=C/c2ccc[nH]2)c1. The number of amides is 3. The van der Waals surface area contributed by atoms with Crippen LogP contribution in [-0.4, -0.2) is 16.9 Å². The number of carbonyl (C=O) groups is 2. The first-order valence-corrected chi connectivity index (χ1v) is 10.5. The van der Waals surface area contributed by atoms with Crippen molar-refractivity contribution >= 4 is 52.0 Å². The second kappa shape index (κ2) is 8.95. The van der Waals surface area contributed by atoms with Gasteiger partial charge >= 0.3 is 6.03 Å².